The van der Waals surface area contributed by atoms with E-state index in [1.165, 1.54) is 22.8 Å². The molecule has 0 spiro atoms. The second-order valence-corrected chi connectivity index (χ2v) is 7.27. The molecule has 140 valence electrons. The number of rotatable bonds is 8. The Labute approximate surface area is 156 Å². The van der Waals surface area contributed by atoms with Gasteiger partial charge in [-0.2, -0.15) is 0 Å². The number of piperidine rings is 1. The average molecular weight is 354 g/mol. The van der Waals surface area contributed by atoms with Crippen LogP contribution in [-0.2, 0) is 11.2 Å². The molecule has 0 saturated carbocycles. The van der Waals surface area contributed by atoms with E-state index in [1.807, 2.05) is 0 Å². The van der Waals surface area contributed by atoms with Crippen LogP contribution in [0.4, 0.5) is 0 Å². The summed E-state index contributed by atoms with van der Waals surface area (Å²) < 4.78 is 0. The Bertz CT molecular complexity index is 718. The summed E-state index contributed by atoms with van der Waals surface area (Å²) in [5, 5.41) is 11.7. The quantitative estimate of drug-likeness (QED) is 0.786. The summed E-state index contributed by atoms with van der Waals surface area (Å²) in [5.41, 5.74) is 1.44. The number of likely N-dealkylation sites (N-methyl/N-ethyl adjacent to an activating group) is 1. The minimum absolute atomic E-state index is 0.169. The fraction of sp³-hybridized carbons (Fsp3) is 0.500. The molecule has 1 N–H and O–H groups in total. The van der Waals surface area contributed by atoms with E-state index in [4.69, 9.17) is 5.11 Å². The summed E-state index contributed by atoms with van der Waals surface area (Å²) in [6, 6.07) is 15.6. The largest absolute Gasteiger partial charge is 0.480 e. The van der Waals surface area contributed by atoms with Gasteiger partial charge in [0.05, 0.1) is 6.54 Å². The highest BCUT2D eigenvalue weighted by Gasteiger charge is 2.24. The monoisotopic (exact) mass is 354 g/mol. The topological polar surface area (TPSA) is 43.8 Å². The van der Waals surface area contributed by atoms with Crippen molar-refractivity contribution in [1.29, 1.82) is 0 Å². The summed E-state index contributed by atoms with van der Waals surface area (Å²) in [5.74, 6) is -0.718. The van der Waals surface area contributed by atoms with Crippen molar-refractivity contribution in [2.75, 3.05) is 32.7 Å². The van der Waals surface area contributed by atoms with Gasteiger partial charge in [0.25, 0.3) is 0 Å². The van der Waals surface area contributed by atoms with E-state index in [2.05, 4.69) is 59.2 Å². The third-order valence-corrected chi connectivity index (χ3v) is 5.62. The highest BCUT2D eigenvalue weighted by molar-refractivity contribution is 5.85. The van der Waals surface area contributed by atoms with Crippen molar-refractivity contribution in [2.24, 2.45) is 0 Å². The fourth-order valence-electron chi connectivity index (χ4n) is 4.18. The Morgan fingerprint density at radius 2 is 1.88 bits per heavy atom. The zero-order valence-corrected chi connectivity index (χ0v) is 15.7. The number of fused-ring (bicyclic) bond motifs is 1. The molecule has 26 heavy (non-hydrogen) atoms. The van der Waals surface area contributed by atoms with E-state index in [0.717, 1.165) is 45.4 Å². The molecule has 1 fully saturated rings. The van der Waals surface area contributed by atoms with Gasteiger partial charge in [0.2, 0.25) is 0 Å². The summed E-state index contributed by atoms with van der Waals surface area (Å²) >= 11 is 0. The molecule has 2 aromatic carbocycles. The van der Waals surface area contributed by atoms with Gasteiger partial charge in [-0.1, -0.05) is 49.4 Å². The number of hydrogen-bond acceptors (Lipinski definition) is 3. The molecule has 0 bridgehead atoms. The minimum atomic E-state index is -0.718. The molecular weight excluding hydrogens is 324 g/mol. The number of aryl methyl sites for hydroxylation is 1. The lowest BCUT2D eigenvalue weighted by atomic mass is 10.00. The lowest BCUT2D eigenvalue weighted by Crippen LogP contribution is -2.46. The zero-order chi connectivity index (χ0) is 18.4. The summed E-state index contributed by atoms with van der Waals surface area (Å²) in [6.07, 6.45) is 4.44. The van der Waals surface area contributed by atoms with E-state index < -0.39 is 5.97 Å². The number of likely N-dealkylation sites (tertiary alicyclic amines) is 1. The van der Waals surface area contributed by atoms with Crippen LogP contribution in [0.5, 0.6) is 0 Å². The number of nitrogens with zero attached hydrogens (tertiary/aromatic N) is 2. The van der Waals surface area contributed by atoms with E-state index in [-0.39, 0.29) is 6.54 Å². The van der Waals surface area contributed by atoms with Gasteiger partial charge in [-0.05, 0) is 68.2 Å². The Balaban J connectivity index is 1.46. The molecule has 0 aromatic heterocycles. The number of carboxylic acids is 1. The normalized spacial score (nSPS) is 16.4. The van der Waals surface area contributed by atoms with Crippen LogP contribution in [0.15, 0.2) is 42.5 Å². The van der Waals surface area contributed by atoms with Crippen LogP contribution in [0.3, 0.4) is 0 Å². The molecule has 0 unspecified atom stereocenters. The van der Waals surface area contributed by atoms with Crippen LogP contribution in [0, 0.1) is 0 Å². The molecule has 0 aliphatic carbocycles. The number of benzene rings is 2. The first kappa shape index (κ1) is 18.9. The SMILES string of the molecule is CCN(CC(=O)O)C1CCN(CCCc2cccc3ccccc23)CC1. The molecule has 4 nitrogen and oxygen atoms in total. The molecule has 0 radical (unpaired) electrons. The number of carboxylic acid groups (broad SMARTS) is 1. The van der Waals surface area contributed by atoms with Crippen LogP contribution in [-0.4, -0.2) is 59.6 Å². The first-order chi connectivity index (χ1) is 12.7. The van der Waals surface area contributed by atoms with Gasteiger partial charge in [0.1, 0.15) is 0 Å². The highest BCUT2D eigenvalue weighted by atomic mass is 16.4. The predicted molar refractivity (Wildman–Crippen MR) is 107 cm³/mol. The maximum atomic E-state index is 11.0. The molecule has 1 aliphatic heterocycles. The zero-order valence-electron chi connectivity index (χ0n) is 15.7. The smallest absolute Gasteiger partial charge is 0.317 e. The third-order valence-electron chi connectivity index (χ3n) is 5.62. The van der Waals surface area contributed by atoms with Crippen molar-refractivity contribution < 1.29 is 9.90 Å². The number of aliphatic carboxylic acids is 1. The molecule has 3 rings (SSSR count). The molecule has 1 aliphatic rings. The van der Waals surface area contributed by atoms with Crippen LogP contribution >= 0.6 is 0 Å². The van der Waals surface area contributed by atoms with Gasteiger partial charge in [0.15, 0.2) is 0 Å². The Kier molecular flexibility index (Phi) is 6.64. The van der Waals surface area contributed by atoms with Crippen molar-refractivity contribution >= 4 is 16.7 Å². The second-order valence-electron chi connectivity index (χ2n) is 7.27. The second kappa shape index (κ2) is 9.15. The Hall–Kier alpha value is -1.91. The van der Waals surface area contributed by atoms with Crippen molar-refractivity contribution in [3.05, 3.63) is 48.0 Å². The number of carbonyl (C=O) groups is 1. The number of hydrogen-bond donors (Lipinski definition) is 1. The standard InChI is InChI=1S/C22H30N2O2/c1-2-24(17-22(25)26)20-12-15-23(16-13-20)14-6-10-19-9-5-8-18-7-3-4-11-21(18)19/h3-5,7-9,11,20H,2,6,10,12-17H2,1H3,(H,25,26). The summed E-state index contributed by atoms with van der Waals surface area (Å²) in [7, 11) is 0. The molecule has 2 aromatic rings. The summed E-state index contributed by atoms with van der Waals surface area (Å²) in [6.45, 7) is 6.33. The van der Waals surface area contributed by atoms with Gasteiger partial charge >= 0.3 is 5.97 Å². The Morgan fingerprint density at radius 3 is 2.62 bits per heavy atom. The molecule has 0 atom stereocenters. The van der Waals surface area contributed by atoms with Gasteiger partial charge in [-0.25, -0.2) is 0 Å². The first-order valence-corrected chi connectivity index (χ1v) is 9.82. The Morgan fingerprint density at radius 1 is 1.15 bits per heavy atom. The van der Waals surface area contributed by atoms with E-state index in [1.54, 1.807) is 0 Å². The highest BCUT2D eigenvalue weighted by Crippen LogP contribution is 2.21. The van der Waals surface area contributed by atoms with Gasteiger partial charge in [-0.15, -0.1) is 0 Å². The van der Waals surface area contributed by atoms with E-state index in [9.17, 15) is 4.79 Å². The molecular formula is C22H30N2O2. The maximum Gasteiger partial charge on any atom is 0.317 e. The lowest BCUT2D eigenvalue weighted by molar-refractivity contribution is -0.139. The van der Waals surface area contributed by atoms with Crippen molar-refractivity contribution in [1.82, 2.24) is 9.80 Å². The van der Waals surface area contributed by atoms with Crippen LogP contribution in [0.1, 0.15) is 31.7 Å². The van der Waals surface area contributed by atoms with Gasteiger partial charge in [0, 0.05) is 6.04 Å². The molecule has 1 saturated heterocycles. The van der Waals surface area contributed by atoms with Crippen LogP contribution < -0.4 is 0 Å². The van der Waals surface area contributed by atoms with Crippen molar-refractivity contribution in [2.45, 2.75) is 38.6 Å². The lowest BCUT2D eigenvalue weighted by Gasteiger charge is -2.37. The van der Waals surface area contributed by atoms with Crippen molar-refractivity contribution in [3.8, 4) is 0 Å². The minimum Gasteiger partial charge on any atom is -0.480 e. The molecule has 4 heteroatoms. The average Bonchev–Trinajstić information content (AvgIpc) is 2.67. The first-order valence-electron chi connectivity index (χ1n) is 9.82. The molecule has 1 heterocycles. The fourth-order valence-corrected chi connectivity index (χ4v) is 4.18. The maximum absolute atomic E-state index is 11.0. The van der Waals surface area contributed by atoms with Gasteiger partial charge in [-0.3, -0.25) is 9.69 Å². The van der Waals surface area contributed by atoms with E-state index >= 15 is 0 Å². The van der Waals surface area contributed by atoms with Crippen LogP contribution in [0.25, 0.3) is 10.8 Å². The predicted octanol–water partition coefficient (Wildman–Crippen LogP) is 3.64. The van der Waals surface area contributed by atoms with Crippen molar-refractivity contribution in [3.63, 3.8) is 0 Å². The third kappa shape index (κ3) is 4.83. The van der Waals surface area contributed by atoms with Gasteiger partial charge < -0.3 is 10.0 Å². The van der Waals surface area contributed by atoms with Crippen LogP contribution in [0.2, 0.25) is 0 Å². The summed E-state index contributed by atoms with van der Waals surface area (Å²) in [4.78, 5) is 15.6. The molecule has 0 amide bonds. The van der Waals surface area contributed by atoms with E-state index in [0.29, 0.717) is 6.04 Å².